The molecule has 121 valence electrons. The molecule has 0 spiro atoms. The molecule has 3 heteroatoms. The van der Waals surface area contributed by atoms with Gasteiger partial charge < -0.3 is 5.11 Å². The van der Waals surface area contributed by atoms with Crippen molar-refractivity contribution < 1.29 is 28.5 Å². The SMILES string of the molecule is CCCCC/C=C\C/C=C\CCCCCCCC(=O)O.[V]. The Labute approximate surface area is 143 Å². The minimum atomic E-state index is -0.671. The first-order valence-electron chi connectivity index (χ1n) is 8.29. The normalized spacial score (nSPS) is 11.1. The molecule has 1 N–H and O–H groups in total. The van der Waals surface area contributed by atoms with Gasteiger partial charge in [0.2, 0.25) is 0 Å². The first kappa shape index (κ1) is 22.8. The molecule has 0 saturated heterocycles. The quantitative estimate of drug-likeness (QED) is 0.319. The molecule has 0 fully saturated rings. The van der Waals surface area contributed by atoms with Gasteiger partial charge in [-0.3, -0.25) is 4.79 Å². The van der Waals surface area contributed by atoms with Crippen LogP contribution in [0.2, 0.25) is 0 Å². The Balaban J connectivity index is 0. The van der Waals surface area contributed by atoms with E-state index in [1.54, 1.807) is 0 Å². The van der Waals surface area contributed by atoms with Gasteiger partial charge in [-0.25, -0.2) is 0 Å². The first-order chi connectivity index (χ1) is 9.77. The number of unbranched alkanes of at least 4 members (excludes halogenated alkanes) is 8. The second-order valence-corrected chi connectivity index (χ2v) is 5.37. The number of allylic oxidation sites excluding steroid dienone is 4. The fourth-order valence-corrected chi connectivity index (χ4v) is 2.09. The van der Waals surface area contributed by atoms with Crippen molar-refractivity contribution in [3.05, 3.63) is 24.3 Å². The standard InChI is InChI=1S/C18H32O2.V/c1-2-3-4-5-6-7-8-9-10-11-12-13-14-15-16-17-18(19)20;/h6-7,9-10H,2-5,8,11-17H2,1H3,(H,19,20);/b7-6-,10-9-;. The first-order valence-corrected chi connectivity index (χ1v) is 8.29. The van der Waals surface area contributed by atoms with Crippen molar-refractivity contribution in [1.29, 1.82) is 0 Å². The van der Waals surface area contributed by atoms with Gasteiger partial charge in [0.05, 0.1) is 0 Å². The zero-order chi connectivity index (χ0) is 14.9. The van der Waals surface area contributed by atoms with Crippen LogP contribution in [0, 0.1) is 0 Å². The summed E-state index contributed by atoms with van der Waals surface area (Å²) in [4.78, 5) is 10.3. The van der Waals surface area contributed by atoms with E-state index in [4.69, 9.17) is 5.11 Å². The Morgan fingerprint density at radius 3 is 1.90 bits per heavy atom. The van der Waals surface area contributed by atoms with Crippen molar-refractivity contribution in [3.63, 3.8) is 0 Å². The molecule has 0 heterocycles. The average Bonchev–Trinajstić information content (AvgIpc) is 2.43. The van der Waals surface area contributed by atoms with E-state index in [0.29, 0.717) is 6.42 Å². The molecule has 21 heavy (non-hydrogen) atoms. The zero-order valence-electron chi connectivity index (χ0n) is 13.6. The van der Waals surface area contributed by atoms with Crippen molar-refractivity contribution in [2.75, 3.05) is 0 Å². The number of carboxylic acids is 1. The maximum Gasteiger partial charge on any atom is 0.303 e. The van der Waals surface area contributed by atoms with Crippen LogP contribution in [0.4, 0.5) is 0 Å². The second-order valence-electron chi connectivity index (χ2n) is 5.37. The molecule has 0 aromatic rings. The molecule has 0 atom stereocenters. The predicted molar refractivity (Wildman–Crippen MR) is 87.0 cm³/mol. The van der Waals surface area contributed by atoms with Gasteiger partial charge in [-0.05, 0) is 38.5 Å². The van der Waals surface area contributed by atoms with Gasteiger partial charge in [-0.2, -0.15) is 0 Å². The number of aliphatic carboxylic acids is 1. The molecule has 0 aliphatic heterocycles. The molecule has 0 amide bonds. The number of carbonyl (C=O) groups is 1. The summed E-state index contributed by atoms with van der Waals surface area (Å²) in [6.07, 6.45) is 22.3. The van der Waals surface area contributed by atoms with E-state index < -0.39 is 5.97 Å². The molecule has 0 rings (SSSR count). The molecule has 0 saturated carbocycles. The van der Waals surface area contributed by atoms with Crippen molar-refractivity contribution in [2.24, 2.45) is 0 Å². The zero-order valence-corrected chi connectivity index (χ0v) is 15.0. The summed E-state index contributed by atoms with van der Waals surface area (Å²) in [5.74, 6) is -0.671. The molecular formula is C18H32O2V. The average molecular weight is 331 g/mol. The number of hydrogen-bond acceptors (Lipinski definition) is 1. The molecule has 2 nitrogen and oxygen atoms in total. The molecule has 0 aromatic carbocycles. The molecule has 1 radical (unpaired) electrons. The second kappa shape index (κ2) is 19.5. The summed E-state index contributed by atoms with van der Waals surface area (Å²) in [6, 6.07) is 0. The third kappa shape index (κ3) is 22.0. The minimum Gasteiger partial charge on any atom is -0.481 e. The molecule has 0 aromatic heterocycles. The topological polar surface area (TPSA) is 37.3 Å². The smallest absolute Gasteiger partial charge is 0.303 e. The van der Waals surface area contributed by atoms with Crippen LogP contribution in [0.5, 0.6) is 0 Å². The Kier molecular flexibility index (Phi) is 21.2. The molecular weight excluding hydrogens is 299 g/mol. The predicted octanol–water partition coefficient (Wildman–Crippen LogP) is 5.88. The van der Waals surface area contributed by atoms with Crippen molar-refractivity contribution in [2.45, 2.75) is 84.0 Å². The van der Waals surface area contributed by atoms with E-state index in [2.05, 4.69) is 31.2 Å². The van der Waals surface area contributed by atoms with Crippen LogP contribution in [-0.4, -0.2) is 11.1 Å². The van der Waals surface area contributed by atoms with Gasteiger partial charge >= 0.3 is 5.97 Å². The fourth-order valence-electron chi connectivity index (χ4n) is 2.09. The third-order valence-corrected chi connectivity index (χ3v) is 3.34. The summed E-state index contributed by atoms with van der Waals surface area (Å²) >= 11 is 0. The summed E-state index contributed by atoms with van der Waals surface area (Å²) in [6.45, 7) is 2.23. The van der Waals surface area contributed by atoms with Crippen LogP contribution >= 0.6 is 0 Å². The van der Waals surface area contributed by atoms with Crippen LogP contribution < -0.4 is 0 Å². The van der Waals surface area contributed by atoms with Crippen LogP contribution in [0.3, 0.4) is 0 Å². The van der Waals surface area contributed by atoms with Gasteiger partial charge in [-0.1, -0.05) is 63.3 Å². The van der Waals surface area contributed by atoms with E-state index in [9.17, 15) is 4.79 Å². The van der Waals surface area contributed by atoms with Crippen molar-refractivity contribution >= 4 is 5.97 Å². The van der Waals surface area contributed by atoms with E-state index in [1.165, 1.54) is 44.9 Å². The maximum absolute atomic E-state index is 10.3. The van der Waals surface area contributed by atoms with E-state index in [1.807, 2.05) is 0 Å². The van der Waals surface area contributed by atoms with Gasteiger partial charge in [0.15, 0.2) is 0 Å². The number of rotatable bonds is 14. The van der Waals surface area contributed by atoms with Crippen molar-refractivity contribution in [3.8, 4) is 0 Å². The van der Waals surface area contributed by atoms with Crippen LogP contribution in [-0.2, 0) is 23.4 Å². The van der Waals surface area contributed by atoms with Gasteiger partial charge in [-0.15, -0.1) is 0 Å². The largest absolute Gasteiger partial charge is 0.481 e. The van der Waals surface area contributed by atoms with Crippen LogP contribution in [0.1, 0.15) is 84.0 Å². The van der Waals surface area contributed by atoms with E-state index in [-0.39, 0.29) is 18.6 Å². The number of carboxylic acid groups (broad SMARTS) is 1. The summed E-state index contributed by atoms with van der Waals surface area (Å²) < 4.78 is 0. The summed E-state index contributed by atoms with van der Waals surface area (Å²) in [5, 5.41) is 8.50. The van der Waals surface area contributed by atoms with Crippen LogP contribution in [0.15, 0.2) is 24.3 Å². The molecule has 0 aliphatic rings. The van der Waals surface area contributed by atoms with Gasteiger partial charge in [0.25, 0.3) is 0 Å². The van der Waals surface area contributed by atoms with Gasteiger partial charge in [0, 0.05) is 25.0 Å². The van der Waals surface area contributed by atoms with Crippen LogP contribution in [0.25, 0.3) is 0 Å². The van der Waals surface area contributed by atoms with E-state index in [0.717, 1.165) is 25.7 Å². The Hall–Kier alpha value is -0.466. The molecule has 0 aliphatic carbocycles. The minimum absolute atomic E-state index is 0. The number of hydrogen-bond donors (Lipinski definition) is 1. The summed E-state index contributed by atoms with van der Waals surface area (Å²) in [7, 11) is 0. The fraction of sp³-hybridized carbons (Fsp3) is 0.722. The van der Waals surface area contributed by atoms with Crippen molar-refractivity contribution in [1.82, 2.24) is 0 Å². The van der Waals surface area contributed by atoms with E-state index >= 15 is 0 Å². The Morgan fingerprint density at radius 1 is 0.810 bits per heavy atom. The third-order valence-electron chi connectivity index (χ3n) is 3.34. The van der Waals surface area contributed by atoms with Gasteiger partial charge in [0.1, 0.15) is 0 Å². The Morgan fingerprint density at radius 2 is 1.33 bits per heavy atom. The monoisotopic (exact) mass is 331 g/mol. The summed E-state index contributed by atoms with van der Waals surface area (Å²) in [5.41, 5.74) is 0. The maximum atomic E-state index is 10.3. The Bertz CT molecular complexity index is 272. The molecule has 0 bridgehead atoms. The molecule has 0 unspecified atom stereocenters.